The Hall–Kier alpha value is -2.08. The highest BCUT2D eigenvalue weighted by Crippen LogP contribution is 2.19. The molecule has 1 aromatic carbocycles. The molecule has 0 atom stereocenters. The highest BCUT2D eigenvalue weighted by molar-refractivity contribution is 5.78. The zero-order valence-electron chi connectivity index (χ0n) is 7.57. The van der Waals surface area contributed by atoms with Crippen LogP contribution in [0.4, 0.5) is 0 Å². The molecule has 0 saturated carbocycles. The maximum Gasteiger partial charge on any atom is 0.0998 e. The second-order valence-corrected chi connectivity index (χ2v) is 2.91. The number of nitrogens with zero attached hydrogens (tertiary/aromatic N) is 2. The topological polar surface area (TPSA) is 48.2 Å². The summed E-state index contributed by atoms with van der Waals surface area (Å²) in [6.07, 6.45) is 3.62. The molecule has 0 spiro atoms. The van der Waals surface area contributed by atoms with Crippen molar-refractivity contribution in [2.24, 2.45) is 4.99 Å². The lowest BCUT2D eigenvalue weighted by Crippen LogP contribution is -2.14. The van der Waals surface area contributed by atoms with Gasteiger partial charge in [0.05, 0.1) is 23.7 Å². The van der Waals surface area contributed by atoms with Crippen LogP contribution in [0.25, 0.3) is 5.70 Å². The first-order chi connectivity index (χ1) is 6.92. The summed E-state index contributed by atoms with van der Waals surface area (Å²) in [5.41, 5.74) is 2.42. The lowest BCUT2D eigenvalue weighted by atomic mass is 10.1. The van der Waals surface area contributed by atoms with Crippen LogP contribution in [0.1, 0.15) is 11.1 Å². The van der Waals surface area contributed by atoms with Gasteiger partial charge in [-0.2, -0.15) is 5.26 Å². The fourth-order valence-electron chi connectivity index (χ4n) is 1.36. The van der Waals surface area contributed by atoms with E-state index in [0.29, 0.717) is 5.56 Å². The van der Waals surface area contributed by atoms with Crippen molar-refractivity contribution in [3.8, 4) is 6.07 Å². The van der Waals surface area contributed by atoms with E-state index in [1.165, 1.54) is 0 Å². The van der Waals surface area contributed by atoms with Crippen molar-refractivity contribution in [3.63, 3.8) is 0 Å². The molecule has 0 fully saturated rings. The fourth-order valence-corrected chi connectivity index (χ4v) is 1.36. The molecule has 0 amide bonds. The first kappa shape index (κ1) is 8.52. The van der Waals surface area contributed by atoms with Crippen LogP contribution in [0, 0.1) is 11.3 Å². The number of hydrogen-bond acceptors (Lipinski definition) is 3. The van der Waals surface area contributed by atoms with Gasteiger partial charge >= 0.3 is 0 Å². The van der Waals surface area contributed by atoms with Gasteiger partial charge < -0.3 is 5.32 Å². The van der Waals surface area contributed by atoms with E-state index in [-0.39, 0.29) is 0 Å². The van der Waals surface area contributed by atoms with E-state index in [4.69, 9.17) is 5.26 Å². The zero-order chi connectivity index (χ0) is 9.80. The molecule has 68 valence electrons. The van der Waals surface area contributed by atoms with Crippen molar-refractivity contribution in [1.29, 1.82) is 5.26 Å². The van der Waals surface area contributed by atoms with Crippen LogP contribution in [-0.4, -0.2) is 12.9 Å². The summed E-state index contributed by atoms with van der Waals surface area (Å²) < 4.78 is 0. The number of aliphatic imine (C=N–C) groups is 1. The average molecular weight is 183 g/mol. The van der Waals surface area contributed by atoms with Gasteiger partial charge in [-0.25, -0.2) is 4.99 Å². The minimum Gasteiger partial charge on any atom is -0.373 e. The minimum absolute atomic E-state index is 0.665. The molecule has 1 heterocycles. The van der Waals surface area contributed by atoms with Crippen molar-refractivity contribution in [2.45, 2.75) is 0 Å². The van der Waals surface area contributed by atoms with Gasteiger partial charge in [0.15, 0.2) is 0 Å². The number of nitriles is 1. The van der Waals surface area contributed by atoms with Crippen molar-refractivity contribution in [1.82, 2.24) is 5.32 Å². The van der Waals surface area contributed by atoms with Crippen molar-refractivity contribution in [2.75, 3.05) is 6.54 Å². The maximum absolute atomic E-state index is 8.90. The quantitative estimate of drug-likeness (QED) is 0.717. The third-order valence-corrected chi connectivity index (χ3v) is 2.03. The molecule has 14 heavy (non-hydrogen) atoms. The Labute approximate surface area is 82.4 Å². The molecular formula is C11H9N3. The van der Waals surface area contributed by atoms with Gasteiger partial charge in [0.1, 0.15) is 0 Å². The van der Waals surface area contributed by atoms with Gasteiger partial charge in [0.2, 0.25) is 0 Å². The molecule has 3 nitrogen and oxygen atoms in total. The van der Waals surface area contributed by atoms with E-state index in [2.05, 4.69) is 16.4 Å². The monoisotopic (exact) mass is 183 g/mol. The van der Waals surface area contributed by atoms with Gasteiger partial charge in [0.25, 0.3) is 0 Å². The third-order valence-electron chi connectivity index (χ3n) is 2.03. The van der Waals surface area contributed by atoms with Gasteiger partial charge in [-0.3, -0.25) is 0 Å². The number of nitrogens with one attached hydrogen (secondary N) is 1. The Bertz CT molecular complexity index is 438. The molecule has 0 unspecified atom stereocenters. The van der Waals surface area contributed by atoms with Crippen LogP contribution in [0.2, 0.25) is 0 Å². The highest BCUT2D eigenvalue weighted by atomic mass is 15.0. The summed E-state index contributed by atoms with van der Waals surface area (Å²) in [5.74, 6) is 0. The first-order valence-electron chi connectivity index (χ1n) is 4.37. The smallest absolute Gasteiger partial charge is 0.0998 e. The molecule has 0 bridgehead atoms. The SMILES string of the molecule is N#Cc1ccccc1C1=CCNC=N1. The molecule has 0 radical (unpaired) electrons. The fraction of sp³-hybridized carbons (Fsp3) is 0.0909. The second-order valence-electron chi connectivity index (χ2n) is 2.91. The molecule has 0 saturated heterocycles. The van der Waals surface area contributed by atoms with E-state index in [9.17, 15) is 0 Å². The van der Waals surface area contributed by atoms with Gasteiger partial charge in [-0.05, 0) is 12.1 Å². The summed E-state index contributed by atoms with van der Waals surface area (Å²) in [6.45, 7) is 0.762. The Balaban J connectivity index is 2.46. The van der Waals surface area contributed by atoms with Crippen LogP contribution in [0.5, 0.6) is 0 Å². The second kappa shape index (κ2) is 3.75. The molecular weight excluding hydrogens is 174 g/mol. The lowest BCUT2D eigenvalue weighted by Gasteiger charge is -2.08. The molecule has 1 aromatic rings. The van der Waals surface area contributed by atoms with E-state index < -0.39 is 0 Å². The van der Waals surface area contributed by atoms with Gasteiger partial charge in [-0.1, -0.05) is 18.2 Å². The zero-order valence-corrected chi connectivity index (χ0v) is 7.57. The Morgan fingerprint density at radius 1 is 1.36 bits per heavy atom. The van der Waals surface area contributed by atoms with Gasteiger partial charge in [-0.15, -0.1) is 0 Å². The van der Waals surface area contributed by atoms with E-state index in [1.807, 2.05) is 24.3 Å². The van der Waals surface area contributed by atoms with E-state index >= 15 is 0 Å². The molecule has 2 rings (SSSR count). The van der Waals surface area contributed by atoms with Crippen LogP contribution in [-0.2, 0) is 0 Å². The summed E-state index contributed by atoms with van der Waals surface area (Å²) in [7, 11) is 0. The minimum atomic E-state index is 0.665. The standard InChI is InChI=1S/C11H9N3/c12-7-9-3-1-2-4-10(9)11-5-6-13-8-14-11/h1-5,8H,6H2,(H,13,14). The molecule has 1 aliphatic heterocycles. The Kier molecular flexibility index (Phi) is 2.28. The highest BCUT2D eigenvalue weighted by Gasteiger charge is 2.06. The molecule has 0 aliphatic carbocycles. The van der Waals surface area contributed by atoms with Crippen molar-refractivity contribution < 1.29 is 0 Å². The summed E-state index contributed by atoms with van der Waals surface area (Å²) in [5, 5.41) is 11.9. The third kappa shape index (κ3) is 1.50. The summed E-state index contributed by atoms with van der Waals surface area (Å²) >= 11 is 0. The summed E-state index contributed by atoms with van der Waals surface area (Å²) in [6, 6.07) is 9.63. The molecule has 0 aromatic heterocycles. The van der Waals surface area contributed by atoms with Crippen molar-refractivity contribution in [3.05, 3.63) is 41.5 Å². The predicted molar refractivity (Wildman–Crippen MR) is 55.6 cm³/mol. The van der Waals surface area contributed by atoms with Crippen LogP contribution in [0.3, 0.4) is 0 Å². The normalized spacial score (nSPS) is 14.1. The Morgan fingerprint density at radius 3 is 2.93 bits per heavy atom. The molecule has 3 heteroatoms. The first-order valence-corrected chi connectivity index (χ1v) is 4.37. The van der Waals surface area contributed by atoms with E-state index in [1.54, 1.807) is 12.4 Å². The van der Waals surface area contributed by atoms with Crippen LogP contribution >= 0.6 is 0 Å². The predicted octanol–water partition coefficient (Wildman–Crippen LogP) is 1.53. The molecule has 1 N–H and O–H groups in total. The molecule has 1 aliphatic rings. The lowest BCUT2D eigenvalue weighted by molar-refractivity contribution is 1.05. The van der Waals surface area contributed by atoms with Gasteiger partial charge in [0, 0.05) is 12.1 Å². The number of hydrogen-bond donors (Lipinski definition) is 1. The maximum atomic E-state index is 8.90. The number of benzene rings is 1. The average Bonchev–Trinajstić information content (AvgIpc) is 2.30. The van der Waals surface area contributed by atoms with Crippen LogP contribution < -0.4 is 5.32 Å². The Morgan fingerprint density at radius 2 is 2.21 bits per heavy atom. The van der Waals surface area contributed by atoms with Crippen LogP contribution in [0.15, 0.2) is 35.3 Å². The number of rotatable bonds is 1. The summed E-state index contributed by atoms with van der Waals surface area (Å²) in [4.78, 5) is 4.18. The van der Waals surface area contributed by atoms with Crippen molar-refractivity contribution >= 4 is 12.0 Å². The largest absolute Gasteiger partial charge is 0.373 e. The van der Waals surface area contributed by atoms with E-state index in [0.717, 1.165) is 17.8 Å².